The average Bonchev–Trinajstić information content (AvgIpc) is 0.866. The molecule has 774 valence electrons. The van der Waals surface area contributed by atoms with Crippen LogP contribution in [-0.2, 0) is 57.2 Å². The van der Waals surface area contributed by atoms with Crippen molar-refractivity contribution in [3.63, 3.8) is 0 Å². The fraction of sp³-hybridized carbons (Fsp3) is 0.600. The number of halogens is 8. The number of ether oxygens (including phenoxy) is 6. The number of thiol groups is 4. The first-order valence-electron chi connectivity index (χ1n) is 48.9. The smallest absolute Gasteiger partial charge is 0.310 e. The van der Waals surface area contributed by atoms with E-state index in [4.69, 9.17) is 121 Å². The molecule has 2 N–H and O–H groups in total. The van der Waals surface area contributed by atoms with Gasteiger partial charge in [-0.25, -0.2) is 0 Å². The lowest BCUT2D eigenvalue weighted by molar-refractivity contribution is -0.149. The number of methoxy groups -OCH3 is 6. The zero-order valence-electron chi connectivity index (χ0n) is 82.5. The minimum atomic E-state index is -0.135. The number of alkyl halides is 2. The molecule has 0 saturated carbocycles. The number of nitrogens with one attached hydrogen (secondary N) is 2. The van der Waals surface area contributed by atoms with Gasteiger partial charge in [-0.2, -0.15) is 50.5 Å². The van der Waals surface area contributed by atoms with Gasteiger partial charge in [0.05, 0.1) is 78.2 Å². The molecule has 12 atom stereocenters. The topological polar surface area (TPSA) is 208 Å². The molecule has 0 amide bonds. The Morgan fingerprint density at radius 2 is 0.504 bits per heavy atom. The molecule has 22 nitrogen and oxygen atoms in total. The van der Waals surface area contributed by atoms with E-state index in [1.165, 1.54) is 70.5 Å². The molecule has 6 fully saturated rings. The molecule has 6 aliphatic rings. The van der Waals surface area contributed by atoms with Crippen LogP contribution in [0.25, 0.3) is 0 Å². The van der Waals surface area contributed by atoms with E-state index in [-0.39, 0.29) is 107 Å². The van der Waals surface area contributed by atoms with Gasteiger partial charge in [-0.3, -0.25) is 28.8 Å². The summed E-state index contributed by atoms with van der Waals surface area (Å²) in [4.78, 5) is 91.8. The molecule has 139 heavy (non-hydrogen) atoms. The van der Waals surface area contributed by atoms with E-state index in [1.54, 1.807) is 0 Å². The van der Waals surface area contributed by atoms with Crippen molar-refractivity contribution in [1.29, 1.82) is 0 Å². The second kappa shape index (κ2) is 68.8. The second-order valence-electron chi connectivity index (χ2n) is 36.4. The number of piperidine rings is 6. The van der Waals surface area contributed by atoms with Gasteiger partial charge in [0.15, 0.2) is 0 Å². The fourth-order valence-electron chi connectivity index (χ4n) is 19.7. The lowest BCUT2D eigenvalue weighted by Gasteiger charge is -2.37. The number of carbonyl (C=O) groups is 6. The summed E-state index contributed by atoms with van der Waals surface area (Å²) in [5, 5.41) is 11.1. The SMILES string of the molecule is COC(=O)C1CN(C)CCC1c1ccc(Cl)cc1.COC(=O)C1CN(CCCCl)CCC1c1ccc(Cl)cc1.COC(=O)C1CN(CCCN(CCS)CCNCCS)CCC1c1ccc(Cl)cc1.COC(=O)[C@H]1CN(C)CCC1c1ccc(Cl)cc1.COC(=O)[C@H]1CN(CCCCCl)CCC1c1ccc(Cl)cc1.COC(=O)[C@H]1CN(CCCN(CCS)CCNCCS)CCC1c1ccc(Cl)cc1. The Kier molecular flexibility index (Phi) is 60.1. The van der Waals surface area contributed by atoms with E-state index in [9.17, 15) is 28.8 Å². The zero-order valence-corrected chi connectivity index (χ0v) is 92.1. The molecule has 6 saturated heterocycles. The molecular formula is C105H152Cl8N10O12S4. The number of benzene rings is 6. The molecule has 6 aromatic carbocycles. The van der Waals surface area contributed by atoms with Crippen molar-refractivity contribution in [2.75, 3.05) is 262 Å². The molecule has 0 radical (unpaired) electrons. The van der Waals surface area contributed by atoms with Crippen LogP contribution in [0.4, 0.5) is 0 Å². The summed E-state index contributed by atoms with van der Waals surface area (Å²) in [6.07, 6.45) is 11.0. The molecule has 6 heterocycles. The van der Waals surface area contributed by atoms with Crippen LogP contribution in [-0.4, -0.2) is 337 Å². The van der Waals surface area contributed by atoms with Crippen molar-refractivity contribution in [3.8, 4) is 0 Å². The predicted molar refractivity (Wildman–Crippen MR) is 585 cm³/mol. The van der Waals surface area contributed by atoms with Gasteiger partial charge in [0.1, 0.15) is 0 Å². The van der Waals surface area contributed by atoms with Crippen molar-refractivity contribution in [3.05, 3.63) is 209 Å². The molecule has 12 rings (SSSR count). The minimum Gasteiger partial charge on any atom is -0.469 e. The van der Waals surface area contributed by atoms with E-state index >= 15 is 0 Å². The minimum absolute atomic E-state index is 0.0880. The first kappa shape index (κ1) is 121. The first-order chi connectivity index (χ1) is 67.2. The number of likely N-dealkylation sites (tertiary alicyclic amines) is 6. The molecule has 6 aliphatic heterocycles. The van der Waals surface area contributed by atoms with E-state index in [1.807, 2.05) is 160 Å². The Balaban J connectivity index is 0.000000229. The van der Waals surface area contributed by atoms with E-state index in [0.29, 0.717) is 16.8 Å². The lowest BCUT2D eigenvalue weighted by Crippen LogP contribution is -2.44. The van der Waals surface area contributed by atoms with Crippen molar-refractivity contribution in [2.45, 2.75) is 106 Å². The summed E-state index contributed by atoms with van der Waals surface area (Å²) < 4.78 is 30.1. The van der Waals surface area contributed by atoms with Crippen LogP contribution in [0.3, 0.4) is 0 Å². The number of hydrogen-bond acceptors (Lipinski definition) is 26. The second-order valence-corrected chi connectivity index (χ2v) is 41.6. The van der Waals surface area contributed by atoms with Gasteiger partial charge in [0, 0.05) is 157 Å². The summed E-state index contributed by atoms with van der Waals surface area (Å²) in [7, 11) is 12.9. The molecule has 0 aromatic heterocycles. The number of unbranched alkanes of at least 4 members (excludes halogenated alkanes) is 1. The molecule has 34 heteroatoms. The summed E-state index contributed by atoms with van der Waals surface area (Å²) >= 11 is 64.5. The van der Waals surface area contributed by atoms with Crippen molar-refractivity contribution < 1.29 is 57.2 Å². The van der Waals surface area contributed by atoms with Crippen LogP contribution in [0.1, 0.15) is 140 Å². The van der Waals surface area contributed by atoms with Gasteiger partial charge in [0.25, 0.3) is 0 Å². The quantitative estimate of drug-likeness (QED) is 0.00693. The molecule has 9 unspecified atom stereocenters. The molecule has 0 aliphatic carbocycles. The molecular weight excluding hydrogens is 2010 g/mol. The van der Waals surface area contributed by atoms with Crippen LogP contribution in [0.2, 0.25) is 30.1 Å². The highest BCUT2D eigenvalue weighted by molar-refractivity contribution is 7.80. The highest BCUT2D eigenvalue weighted by Crippen LogP contribution is 2.41. The third-order valence-corrected chi connectivity index (χ3v) is 30.1. The monoisotopic (exact) mass is 2150 g/mol. The van der Waals surface area contributed by atoms with Crippen LogP contribution >= 0.6 is 143 Å². The molecule has 6 aromatic rings. The Labute approximate surface area is 891 Å². The van der Waals surface area contributed by atoms with Gasteiger partial charge in [-0.1, -0.05) is 142 Å². The number of esters is 6. The maximum Gasteiger partial charge on any atom is 0.310 e. The number of rotatable bonds is 41. The maximum absolute atomic E-state index is 12.5. The van der Waals surface area contributed by atoms with Crippen LogP contribution < -0.4 is 10.6 Å². The van der Waals surface area contributed by atoms with Crippen LogP contribution in [0, 0.1) is 35.5 Å². The summed E-state index contributed by atoms with van der Waals surface area (Å²) in [5.41, 5.74) is 7.00. The number of carbonyl (C=O) groups excluding carboxylic acids is 6. The fourth-order valence-corrected chi connectivity index (χ4v) is 21.6. The standard InChI is InChI=1S/2C22H36ClN3O2S2.C17H23Cl2NO2.C16H21Cl2NO2.2C14H18ClNO2/c2*1-28-22(27)21-17-26(12-7-20(21)18-3-5-19(23)6-4-18)11-2-10-25(14-16-30)13-8-24-9-15-29;1-22-17(21)16-12-20(10-3-2-9-18)11-8-15(16)13-4-6-14(19)7-5-13;1-21-16(20)15-11-19(9-2-8-17)10-7-14(15)12-3-5-13(18)6-4-12;2*1-16-8-7-12(13(9-16)14(17)18-2)10-3-5-11(15)6-4-10/h2*3-6,20-21,24,29-30H,2,7-17H2,1H3;4-7,15-16H,2-3,8-12H2,1H3;3-6,14-15H,2,7-11H2,1H3;2*3-6,12-13H,7-9H2,1-2H3/t20?,21-;;15?,16-;;12?,13-;/m0.0.0./s1. The average molecular weight is 2160 g/mol. The highest BCUT2D eigenvalue weighted by atomic mass is 35.5. The van der Waals surface area contributed by atoms with Crippen molar-refractivity contribution in [2.24, 2.45) is 35.5 Å². The van der Waals surface area contributed by atoms with Gasteiger partial charge >= 0.3 is 35.8 Å². The van der Waals surface area contributed by atoms with E-state index in [0.717, 1.165) is 294 Å². The van der Waals surface area contributed by atoms with Gasteiger partial charge in [-0.05, 0) is 305 Å². The molecule has 0 bridgehead atoms. The summed E-state index contributed by atoms with van der Waals surface area (Å²) in [6, 6.07) is 46.9. The van der Waals surface area contributed by atoms with Crippen LogP contribution in [0.15, 0.2) is 146 Å². The first-order valence-corrected chi connectivity index (χ1v) is 54.8. The normalized spacial score (nSPS) is 22.1. The third-order valence-electron chi connectivity index (χ3n) is 27.2. The van der Waals surface area contributed by atoms with Crippen molar-refractivity contribution >= 4 is 179 Å². The van der Waals surface area contributed by atoms with Gasteiger partial charge in [0.2, 0.25) is 0 Å². The van der Waals surface area contributed by atoms with Crippen molar-refractivity contribution in [1.82, 2.24) is 49.8 Å². The lowest BCUT2D eigenvalue weighted by atomic mass is 9.80. The summed E-state index contributed by atoms with van der Waals surface area (Å²) in [6.45, 7) is 24.3. The number of nitrogens with zero attached hydrogens (tertiary/aromatic N) is 8. The van der Waals surface area contributed by atoms with E-state index < -0.39 is 0 Å². The maximum atomic E-state index is 12.5. The Morgan fingerprint density at radius 3 is 0.719 bits per heavy atom. The van der Waals surface area contributed by atoms with Gasteiger partial charge in [-0.15, -0.1) is 23.2 Å². The zero-order chi connectivity index (χ0) is 101. The Hall–Kier alpha value is -4.54. The third kappa shape index (κ3) is 42.7. The summed E-state index contributed by atoms with van der Waals surface area (Å²) in [5.74, 6) is 4.60. The Morgan fingerprint density at radius 1 is 0.288 bits per heavy atom. The predicted octanol–water partition coefficient (Wildman–Crippen LogP) is 18.7. The van der Waals surface area contributed by atoms with E-state index in [2.05, 4.69) is 100 Å². The van der Waals surface area contributed by atoms with Crippen LogP contribution in [0.5, 0.6) is 0 Å². The Bertz CT molecular complexity index is 4270. The molecule has 0 spiro atoms. The largest absolute Gasteiger partial charge is 0.469 e. The van der Waals surface area contributed by atoms with Gasteiger partial charge < -0.3 is 78.3 Å². The highest BCUT2D eigenvalue weighted by Gasteiger charge is 2.42. The number of hydrogen-bond donors (Lipinski definition) is 6.